The van der Waals surface area contributed by atoms with E-state index in [2.05, 4.69) is 5.10 Å². The molecule has 0 saturated heterocycles. The van der Waals surface area contributed by atoms with Gasteiger partial charge >= 0.3 is 5.97 Å². The summed E-state index contributed by atoms with van der Waals surface area (Å²) in [4.78, 5) is 11.7. The van der Waals surface area contributed by atoms with Gasteiger partial charge in [-0.1, -0.05) is 32.1 Å². The smallest absolute Gasteiger partial charge is 0.310 e. The monoisotopic (exact) mass is 250 g/mol. The van der Waals surface area contributed by atoms with Crippen molar-refractivity contribution >= 4 is 5.97 Å². The number of hydrogen-bond acceptors (Lipinski definition) is 2. The minimum absolute atomic E-state index is 0.573. The Kier molecular flexibility index (Phi) is 4.04. The first kappa shape index (κ1) is 13.1. The molecule has 0 aromatic carbocycles. The van der Waals surface area contributed by atoms with E-state index in [9.17, 15) is 9.90 Å². The Labute approximate surface area is 108 Å². The quantitative estimate of drug-likeness (QED) is 0.897. The van der Waals surface area contributed by atoms with Gasteiger partial charge in [0.1, 0.15) is 0 Å². The van der Waals surface area contributed by atoms with Crippen molar-refractivity contribution in [1.82, 2.24) is 9.78 Å². The molecule has 2 rings (SSSR count). The largest absolute Gasteiger partial charge is 0.481 e. The van der Waals surface area contributed by atoms with Crippen molar-refractivity contribution in [1.29, 1.82) is 0 Å². The first-order valence-electron chi connectivity index (χ1n) is 6.84. The summed E-state index contributed by atoms with van der Waals surface area (Å²) >= 11 is 0. The molecule has 100 valence electrons. The van der Waals surface area contributed by atoms with E-state index in [4.69, 9.17) is 0 Å². The maximum Gasteiger partial charge on any atom is 0.310 e. The second-order valence-corrected chi connectivity index (χ2v) is 5.51. The Bertz CT molecular complexity index is 404. The van der Waals surface area contributed by atoms with E-state index in [1.807, 2.05) is 19.3 Å². The normalized spacial score (nSPS) is 20.1. The Morgan fingerprint density at radius 2 is 1.94 bits per heavy atom. The molecule has 1 heterocycles. The fourth-order valence-corrected chi connectivity index (χ4v) is 2.95. The van der Waals surface area contributed by atoms with E-state index in [1.165, 1.54) is 6.42 Å². The lowest BCUT2D eigenvalue weighted by atomic mass is 9.73. The van der Waals surface area contributed by atoms with Crippen LogP contribution in [0.15, 0.2) is 12.3 Å². The van der Waals surface area contributed by atoms with Crippen LogP contribution in [0.2, 0.25) is 0 Å². The third-order valence-electron chi connectivity index (χ3n) is 4.05. The highest BCUT2D eigenvalue weighted by Crippen LogP contribution is 2.37. The van der Waals surface area contributed by atoms with Gasteiger partial charge in [0.05, 0.1) is 11.1 Å². The maximum absolute atomic E-state index is 11.7. The van der Waals surface area contributed by atoms with Crippen LogP contribution in [0.4, 0.5) is 0 Å². The predicted molar refractivity (Wildman–Crippen MR) is 69.3 cm³/mol. The molecule has 0 bridgehead atoms. The van der Waals surface area contributed by atoms with Crippen LogP contribution in [0.25, 0.3) is 0 Å². The molecule has 1 aliphatic rings. The van der Waals surface area contributed by atoms with Gasteiger partial charge < -0.3 is 5.11 Å². The summed E-state index contributed by atoms with van der Waals surface area (Å²) in [5, 5.41) is 14.0. The summed E-state index contributed by atoms with van der Waals surface area (Å²) in [6, 6.07) is 1.93. The van der Waals surface area contributed by atoms with E-state index in [0.29, 0.717) is 6.42 Å². The summed E-state index contributed by atoms with van der Waals surface area (Å²) in [5.74, 6) is -0.643. The summed E-state index contributed by atoms with van der Waals surface area (Å²) in [6.45, 7) is 0. The first-order valence-corrected chi connectivity index (χ1v) is 6.84. The summed E-state index contributed by atoms with van der Waals surface area (Å²) < 4.78 is 1.74. The van der Waals surface area contributed by atoms with Crippen LogP contribution < -0.4 is 0 Å². The zero-order chi connectivity index (χ0) is 13.0. The van der Waals surface area contributed by atoms with Crippen LogP contribution >= 0.6 is 0 Å². The Hall–Kier alpha value is -1.32. The zero-order valence-electron chi connectivity index (χ0n) is 11.1. The number of aliphatic carboxylic acids is 1. The van der Waals surface area contributed by atoms with Crippen molar-refractivity contribution in [2.45, 2.75) is 51.4 Å². The predicted octanol–water partition coefficient (Wildman–Crippen LogP) is 2.78. The van der Waals surface area contributed by atoms with Crippen LogP contribution in [0.3, 0.4) is 0 Å². The molecule has 1 N–H and O–H groups in total. The average Bonchev–Trinajstić information content (AvgIpc) is 2.67. The Balaban J connectivity index is 2.16. The molecular weight excluding hydrogens is 228 g/mol. The van der Waals surface area contributed by atoms with Crippen LogP contribution in [-0.2, 0) is 18.3 Å². The molecule has 0 spiro atoms. The molecule has 1 aliphatic carbocycles. The molecular formula is C14H22N2O2. The van der Waals surface area contributed by atoms with Gasteiger partial charge in [0.15, 0.2) is 0 Å². The number of aromatic nitrogens is 2. The van der Waals surface area contributed by atoms with Crippen molar-refractivity contribution in [3.05, 3.63) is 18.0 Å². The standard InChI is InChI=1S/C14H22N2O2/c1-16-10-7-12(15-16)11-14(13(17)18)8-5-3-2-4-6-9-14/h7,10H,2-6,8-9,11H2,1H3,(H,17,18). The zero-order valence-corrected chi connectivity index (χ0v) is 11.1. The fourth-order valence-electron chi connectivity index (χ4n) is 2.95. The van der Waals surface area contributed by atoms with Crippen molar-refractivity contribution in [3.63, 3.8) is 0 Å². The van der Waals surface area contributed by atoms with Crippen LogP contribution in [0, 0.1) is 5.41 Å². The minimum atomic E-state index is -0.643. The summed E-state index contributed by atoms with van der Waals surface area (Å²) in [6.07, 6.45) is 9.67. The van der Waals surface area contributed by atoms with E-state index in [-0.39, 0.29) is 0 Å². The molecule has 1 aromatic heterocycles. The van der Waals surface area contributed by atoms with Gasteiger partial charge in [-0.05, 0) is 18.9 Å². The molecule has 0 unspecified atom stereocenters. The van der Waals surface area contributed by atoms with E-state index < -0.39 is 11.4 Å². The van der Waals surface area contributed by atoms with Gasteiger partial charge in [-0.25, -0.2) is 0 Å². The van der Waals surface area contributed by atoms with Gasteiger partial charge in [-0.3, -0.25) is 9.48 Å². The number of nitrogens with zero attached hydrogens (tertiary/aromatic N) is 2. The Morgan fingerprint density at radius 1 is 1.33 bits per heavy atom. The molecule has 4 heteroatoms. The minimum Gasteiger partial charge on any atom is -0.481 e. The van der Waals surface area contributed by atoms with E-state index in [0.717, 1.165) is 44.2 Å². The maximum atomic E-state index is 11.7. The van der Waals surface area contributed by atoms with Gasteiger partial charge in [0.25, 0.3) is 0 Å². The van der Waals surface area contributed by atoms with Gasteiger partial charge in [-0.2, -0.15) is 5.10 Å². The van der Waals surface area contributed by atoms with Crippen molar-refractivity contribution in [3.8, 4) is 0 Å². The second kappa shape index (κ2) is 5.55. The topological polar surface area (TPSA) is 55.1 Å². The number of carbonyl (C=O) groups is 1. The lowest BCUT2D eigenvalue weighted by Gasteiger charge is -2.30. The highest BCUT2D eigenvalue weighted by Gasteiger charge is 2.38. The van der Waals surface area contributed by atoms with Crippen molar-refractivity contribution < 1.29 is 9.90 Å². The molecule has 0 atom stereocenters. The lowest BCUT2D eigenvalue weighted by molar-refractivity contribution is -0.150. The van der Waals surface area contributed by atoms with Gasteiger partial charge in [0, 0.05) is 19.7 Å². The number of hydrogen-bond donors (Lipinski definition) is 1. The molecule has 1 fully saturated rings. The lowest BCUT2D eigenvalue weighted by Crippen LogP contribution is -2.34. The van der Waals surface area contributed by atoms with Crippen molar-refractivity contribution in [2.24, 2.45) is 12.5 Å². The number of rotatable bonds is 3. The highest BCUT2D eigenvalue weighted by atomic mass is 16.4. The van der Waals surface area contributed by atoms with E-state index >= 15 is 0 Å². The molecule has 1 saturated carbocycles. The number of aryl methyl sites for hydroxylation is 1. The van der Waals surface area contributed by atoms with Crippen molar-refractivity contribution in [2.75, 3.05) is 0 Å². The summed E-state index contributed by atoms with van der Waals surface area (Å²) in [7, 11) is 1.87. The average molecular weight is 250 g/mol. The van der Waals surface area contributed by atoms with Crippen LogP contribution in [-0.4, -0.2) is 20.9 Å². The second-order valence-electron chi connectivity index (χ2n) is 5.51. The number of carboxylic acids is 1. The molecule has 0 aliphatic heterocycles. The molecule has 1 aromatic rings. The third-order valence-corrected chi connectivity index (χ3v) is 4.05. The summed E-state index contributed by atoms with van der Waals surface area (Å²) in [5.41, 5.74) is 0.315. The van der Waals surface area contributed by atoms with E-state index in [1.54, 1.807) is 4.68 Å². The number of carboxylic acid groups (broad SMARTS) is 1. The third kappa shape index (κ3) is 2.92. The molecule has 0 radical (unpaired) electrons. The fraction of sp³-hybridized carbons (Fsp3) is 0.714. The van der Waals surface area contributed by atoms with Gasteiger partial charge in [0.2, 0.25) is 0 Å². The SMILES string of the molecule is Cn1ccc(CC2(C(=O)O)CCCCCCC2)n1. The Morgan fingerprint density at radius 3 is 2.44 bits per heavy atom. The molecule has 4 nitrogen and oxygen atoms in total. The van der Waals surface area contributed by atoms with Crippen LogP contribution in [0.1, 0.15) is 50.6 Å². The van der Waals surface area contributed by atoms with Gasteiger partial charge in [-0.15, -0.1) is 0 Å². The highest BCUT2D eigenvalue weighted by molar-refractivity contribution is 5.75. The first-order chi connectivity index (χ1) is 8.62. The molecule has 18 heavy (non-hydrogen) atoms. The molecule has 0 amide bonds. The van der Waals surface area contributed by atoms with Crippen LogP contribution in [0.5, 0.6) is 0 Å².